The van der Waals surface area contributed by atoms with Gasteiger partial charge in [-0.3, -0.25) is 0 Å². The van der Waals surface area contributed by atoms with Crippen LogP contribution in [0.5, 0.6) is 11.5 Å². The van der Waals surface area contributed by atoms with Gasteiger partial charge >= 0.3 is 59.6 Å². The van der Waals surface area contributed by atoms with Crippen molar-refractivity contribution < 1.29 is 98.4 Å². The van der Waals surface area contributed by atoms with Crippen molar-refractivity contribution in [2.24, 2.45) is 0 Å². The second-order valence-electron chi connectivity index (χ2n) is 12.1. The number of alkyl halides is 17. The van der Waals surface area contributed by atoms with Crippen molar-refractivity contribution in [3.8, 4) is 22.6 Å². The lowest BCUT2D eigenvalue weighted by atomic mass is 9.88. The lowest BCUT2D eigenvalue weighted by Crippen LogP contribution is -2.74. The molecule has 0 fully saturated rings. The van der Waals surface area contributed by atoms with E-state index in [2.05, 4.69) is 11.7 Å². The highest BCUT2D eigenvalue weighted by Crippen LogP contribution is 2.64. The van der Waals surface area contributed by atoms with Gasteiger partial charge in [-0.05, 0) is 66.1 Å². The van der Waals surface area contributed by atoms with Crippen molar-refractivity contribution in [2.75, 3.05) is 13.2 Å². The van der Waals surface area contributed by atoms with E-state index >= 15 is 0 Å². The van der Waals surface area contributed by atoms with Crippen LogP contribution in [0.3, 0.4) is 0 Å². The molecule has 3 aromatic carbocycles. The molecule has 0 atom stereocenters. The number of benzene rings is 3. The Morgan fingerprint density at radius 3 is 1.35 bits per heavy atom. The minimum absolute atomic E-state index is 0.0517. The van der Waals surface area contributed by atoms with Gasteiger partial charge in [0.25, 0.3) is 0 Å². The number of ether oxygens (including phenoxy) is 3. The summed E-state index contributed by atoms with van der Waals surface area (Å²) in [6, 6.07) is 16.6. The minimum Gasteiger partial charge on any atom is -0.494 e. The van der Waals surface area contributed by atoms with E-state index in [9.17, 15) is 84.2 Å². The summed E-state index contributed by atoms with van der Waals surface area (Å²) in [7, 11) is 0. The van der Waals surface area contributed by atoms with Gasteiger partial charge in [0.1, 0.15) is 11.5 Å². The third kappa shape index (κ3) is 9.03. The monoisotopic (exact) mass is 850 g/mol. The molecule has 0 amide bonds. The third-order valence-electron chi connectivity index (χ3n) is 8.06. The van der Waals surface area contributed by atoms with Gasteiger partial charge < -0.3 is 14.2 Å². The number of hydrogen-bond donors (Lipinski definition) is 0. The molecule has 0 aromatic heterocycles. The molecule has 0 radical (unpaired) electrons. The summed E-state index contributed by atoms with van der Waals surface area (Å²) in [6.07, 6.45) is -7.81. The largest absolute Gasteiger partial charge is 0.494 e. The van der Waals surface area contributed by atoms with Gasteiger partial charge in [-0.15, -0.1) is 0 Å². The van der Waals surface area contributed by atoms with Crippen LogP contribution in [-0.4, -0.2) is 72.8 Å². The number of rotatable bonds is 18. The first-order chi connectivity index (χ1) is 26.0. The van der Waals surface area contributed by atoms with Crippen LogP contribution in [0.1, 0.15) is 53.3 Å². The van der Waals surface area contributed by atoms with Crippen LogP contribution in [0, 0.1) is 0 Å². The highest BCUT2D eigenvalue weighted by atomic mass is 19.4. The van der Waals surface area contributed by atoms with Crippen LogP contribution in [0.15, 0.2) is 72.8 Å². The molecule has 0 unspecified atom stereocenters. The van der Waals surface area contributed by atoms with Crippen LogP contribution in [-0.2, 0) is 4.74 Å². The summed E-state index contributed by atoms with van der Waals surface area (Å²) >= 11 is 0. The molecule has 3 rings (SSSR count). The van der Waals surface area contributed by atoms with Crippen molar-refractivity contribution >= 4 is 11.9 Å². The van der Waals surface area contributed by atoms with Crippen molar-refractivity contribution in [3.63, 3.8) is 0 Å². The second kappa shape index (κ2) is 16.6. The molecule has 0 bridgehead atoms. The molecule has 5 nitrogen and oxygen atoms in total. The topological polar surface area (TPSA) is 61.8 Å². The Kier molecular flexibility index (Phi) is 13.6. The molecule has 316 valence electrons. The molecule has 0 N–H and O–H groups in total. The second-order valence-corrected chi connectivity index (χ2v) is 12.1. The molecule has 22 heteroatoms. The smallest absolute Gasteiger partial charge is 0.460 e. The first kappa shape index (κ1) is 46.6. The van der Waals surface area contributed by atoms with Crippen LogP contribution in [0.4, 0.5) is 74.6 Å². The number of hydrogen-bond acceptors (Lipinski definition) is 5. The Balaban J connectivity index is 1.62. The Morgan fingerprint density at radius 2 is 0.877 bits per heavy atom. The predicted octanol–water partition coefficient (Wildman–Crippen LogP) is 11.7. The molecule has 3 aromatic rings. The van der Waals surface area contributed by atoms with E-state index in [-0.39, 0.29) is 11.3 Å². The van der Waals surface area contributed by atoms with Crippen LogP contribution in [0.2, 0.25) is 0 Å². The molecule has 0 saturated carbocycles. The van der Waals surface area contributed by atoms with E-state index < -0.39 is 78.2 Å². The molecule has 0 aliphatic heterocycles. The average molecular weight is 851 g/mol. The molecule has 0 saturated heterocycles. The maximum atomic E-state index is 14.1. The summed E-state index contributed by atoms with van der Waals surface area (Å²) in [5.74, 6) is -59.5. The van der Waals surface area contributed by atoms with Crippen LogP contribution in [0.25, 0.3) is 11.1 Å². The molecule has 0 spiro atoms. The molecular weight excluding hydrogens is 823 g/mol. The average Bonchev–Trinajstić information content (AvgIpc) is 3.13. The van der Waals surface area contributed by atoms with Gasteiger partial charge in [-0.1, -0.05) is 44.0 Å². The van der Waals surface area contributed by atoms with Gasteiger partial charge in [0.15, 0.2) is 0 Å². The Labute approximate surface area is 310 Å². The van der Waals surface area contributed by atoms with Gasteiger partial charge in [-0.2, -0.15) is 74.6 Å². The maximum Gasteiger partial charge on any atom is 0.460 e. The number of unbranched alkanes of at least 4 members (excludes halogenated alkanes) is 2. The van der Waals surface area contributed by atoms with E-state index in [1.54, 1.807) is 36.4 Å². The molecular formula is C35H27F17O5. The van der Waals surface area contributed by atoms with Crippen LogP contribution < -0.4 is 9.47 Å². The lowest BCUT2D eigenvalue weighted by Gasteiger charge is -2.42. The Hall–Kier alpha value is -4.79. The van der Waals surface area contributed by atoms with Crippen molar-refractivity contribution in [1.82, 2.24) is 0 Å². The predicted molar refractivity (Wildman–Crippen MR) is 164 cm³/mol. The normalized spacial score (nSPS) is 13.6. The summed E-state index contributed by atoms with van der Waals surface area (Å²) in [6.45, 7) is 0.521. The van der Waals surface area contributed by atoms with Crippen molar-refractivity contribution in [2.45, 2.75) is 80.2 Å². The van der Waals surface area contributed by atoms with Gasteiger partial charge in [-0.25, -0.2) is 9.59 Å². The summed E-state index contributed by atoms with van der Waals surface area (Å²) in [5.41, 5.74) is 0.936. The molecule has 0 heterocycles. The standard InChI is InChI=1S/C35H27F17O5/c1-2-3-4-18-55-24-13-9-21(10-14-24)20-5-7-23(8-6-20)27(54)57-25-15-11-22(12-16-25)26(53)56-19-17-28(36,37)29(38,39)30(40,41)31(42,43)32(44,45)33(46,47)34(48,49)35(50,51)52/h5-16H,2-4,17-19H2,1H3. The summed E-state index contributed by atoms with van der Waals surface area (Å²) < 4.78 is 243. The Bertz CT molecular complexity index is 1820. The fourth-order valence-electron chi connectivity index (χ4n) is 4.62. The Morgan fingerprint density at radius 1 is 0.474 bits per heavy atom. The first-order valence-corrected chi connectivity index (χ1v) is 16.0. The van der Waals surface area contributed by atoms with E-state index in [1.165, 1.54) is 12.1 Å². The first-order valence-electron chi connectivity index (χ1n) is 16.0. The third-order valence-corrected chi connectivity index (χ3v) is 8.06. The minimum atomic E-state index is -8.74. The van der Waals surface area contributed by atoms with E-state index in [1.807, 2.05) is 0 Å². The highest BCUT2D eigenvalue weighted by molar-refractivity contribution is 5.92. The van der Waals surface area contributed by atoms with Crippen molar-refractivity contribution in [1.29, 1.82) is 0 Å². The molecule has 0 aliphatic rings. The van der Waals surface area contributed by atoms with E-state index in [0.717, 1.165) is 54.7 Å². The summed E-state index contributed by atoms with van der Waals surface area (Å²) in [4.78, 5) is 24.8. The maximum absolute atomic E-state index is 14.1. The lowest BCUT2D eigenvalue weighted by molar-refractivity contribution is -0.461. The zero-order valence-corrected chi connectivity index (χ0v) is 28.6. The summed E-state index contributed by atoms with van der Waals surface area (Å²) in [5, 5.41) is 0. The van der Waals surface area contributed by atoms with Crippen LogP contribution >= 0.6 is 0 Å². The number of esters is 2. The zero-order valence-electron chi connectivity index (χ0n) is 28.6. The number of carbonyl (C=O) groups is 2. The number of carbonyl (C=O) groups excluding carboxylic acids is 2. The SMILES string of the molecule is CCCCCOc1ccc(-c2ccc(C(=O)Oc3ccc(C(=O)OCCC(F)(F)C(F)(F)C(F)(F)C(F)(F)C(F)(F)C(F)(F)C(F)(F)C(F)(F)F)cc3)cc2)cc1. The molecule has 0 aliphatic carbocycles. The van der Waals surface area contributed by atoms with Crippen molar-refractivity contribution in [3.05, 3.63) is 83.9 Å². The quantitative estimate of drug-likeness (QED) is 0.0552. The van der Waals surface area contributed by atoms with E-state index in [4.69, 9.17) is 9.47 Å². The number of halogens is 17. The van der Waals surface area contributed by atoms with Gasteiger partial charge in [0, 0.05) is 0 Å². The zero-order chi connectivity index (χ0) is 43.5. The van der Waals surface area contributed by atoms with E-state index in [0.29, 0.717) is 12.4 Å². The highest BCUT2D eigenvalue weighted by Gasteiger charge is 2.95. The fraction of sp³-hybridized carbons (Fsp3) is 0.429. The molecule has 57 heavy (non-hydrogen) atoms. The van der Waals surface area contributed by atoms with Gasteiger partial charge in [0.05, 0.1) is 30.8 Å². The fourth-order valence-corrected chi connectivity index (χ4v) is 4.62. The van der Waals surface area contributed by atoms with Gasteiger partial charge in [0.2, 0.25) is 0 Å².